The minimum absolute atomic E-state index is 0.429. The van der Waals surface area contributed by atoms with Gasteiger partial charge in [0.1, 0.15) is 11.6 Å². The molecule has 0 radical (unpaired) electrons. The highest BCUT2D eigenvalue weighted by Crippen LogP contribution is 2.12. The van der Waals surface area contributed by atoms with E-state index in [1.807, 2.05) is 0 Å². The Balaban J connectivity index is 1.97. The van der Waals surface area contributed by atoms with E-state index in [0.29, 0.717) is 11.8 Å². The normalized spacial score (nSPS) is 11.2. The molecule has 0 aliphatic rings. The summed E-state index contributed by atoms with van der Waals surface area (Å²) < 4.78 is 2.18. The summed E-state index contributed by atoms with van der Waals surface area (Å²) in [5.41, 5.74) is 1.37. The predicted octanol–water partition coefficient (Wildman–Crippen LogP) is 3.85. The van der Waals surface area contributed by atoms with Crippen LogP contribution in [-0.2, 0) is 25.3 Å². The lowest BCUT2D eigenvalue weighted by Crippen LogP contribution is -2.11. The summed E-state index contributed by atoms with van der Waals surface area (Å²) in [6, 6.07) is 10.6. The Kier molecular flexibility index (Phi) is 5.60. The van der Waals surface area contributed by atoms with Crippen molar-refractivity contribution in [2.75, 3.05) is 0 Å². The molecule has 2 rings (SSSR count). The standard InChI is InChI=1S/C16H22ClN3/c1-13(2)12-20-15(18-19-16(20)11-17)10-6-9-14-7-4-3-5-8-14/h3-5,7-8,13H,6,9-12H2,1-2H3. The highest BCUT2D eigenvalue weighted by molar-refractivity contribution is 6.16. The lowest BCUT2D eigenvalue weighted by molar-refractivity contribution is 0.494. The average Bonchev–Trinajstić information content (AvgIpc) is 2.82. The van der Waals surface area contributed by atoms with E-state index >= 15 is 0 Å². The Bertz CT molecular complexity index is 520. The van der Waals surface area contributed by atoms with E-state index in [-0.39, 0.29) is 0 Å². The first-order chi connectivity index (χ1) is 9.70. The van der Waals surface area contributed by atoms with Gasteiger partial charge in [0.05, 0.1) is 5.88 Å². The zero-order valence-corrected chi connectivity index (χ0v) is 13.0. The molecule has 1 aromatic heterocycles. The van der Waals surface area contributed by atoms with Crippen molar-refractivity contribution in [1.29, 1.82) is 0 Å². The van der Waals surface area contributed by atoms with E-state index in [1.54, 1.807) is 0 Å². The van der Waals surface area contributed by atoms with Gasteiger partial charge in [-0.2, -0.15) is 0 Å². The van der Waals surface area contributed by atoms with Crippen molar-refractivity contribution >= 4 is 11.6 Å². The molecular weight excluding hydrogens is 270 g/mol. The highest BCUT2D eigenvalue weighted by atomic mass is 35.5. The third kappa shape index (κ3) is 4.07. The molecule has 0 spiro atoms. The summed E-state index contributed by atoms with van der Waals surface area (Å²) in [5.74, 6) is 2.94. The van der Waals surface area contributed by atoms with Crippen LogP contribution in [0.2, 0.25) is 0 Å². The van der Waals surface area contributed by atoms with Crippen molar-refractivity contribution in [2.24, 2.45) is 5.92 Å². The molecule has 0 unspecified atom stereocenters. The second-order valence-corrected chi connectivity index (χ2v) is 5.78. The molecule has 0 aliphatic heterocycles. The highest BCUT2D eigenvalue weighted by Gasteiger charge is 2.12. The van der Waals surface area contributed by atoms with Gasteiger partial charge in [0, 0.05) is 13.0 Å². The molecule has 0 saturated heterocycles. The second-order valence-electron chi connectivity index (χ2n) is 5.51. The number of halogens is 1. The van der Waals surface area contributed by atoms with Crippen molar-refractivity contribution in [3.8, 4) is 0 Å². The predicted molar refractivity (Wildman–Crippen MR) is 82.9 cm³/mol. The maximum Gasteiger partial charge on any atom is 0.147 e. The minimum atomic E-state index is 0.429. The van der Waals surface area contributed by atoms with E-state index in [1.165, 1.54) is 5.56 Å². The molecule has 3 nitrogen and oxygen atoms in total. The summed E-state index contributed by atoms with van der Waals surface area (Å²) in [6.45, 7) is 5.34. The van der Waals surface area contributed by atoms with Crippen LogP contribution in [0, 0.1) is 5.92 Å². The number of hydrogen-bond acceptors (Lipinski definition) is 2. The Labute approximate surface area is 126 Å². The fraction of sp³-hybridized carbons (Fsp3) is 0.500. The summed E-state index contributed by atoms with van der Waals surface area (Å²) in [4.78, 5) is 0. The number of aromatic nitrogens is 3. The van der Waals surface area contributed by atoms with Crippen LogP contribution >= 0.6 is 11.6 Å². The molecule has 0 atom stereocenters. The van der Waals surface area contributed by atoms with Crippen LogP contribution in [0.15, 0.2) is 30.3 Å². The lowest BCUT2D eigenvalue weighted by Gasteiger charge is -2.11. The topological polar surface area (TPSA) is 30.7 Å². The van der Waals surface area contributed by atoms with Gasteiger partial charge < -0.3 is 4.57 Å². The average molecular weight is 292 g/mol. The van der Waals surface area contributed by atoms with Crippen LogP contribution in [0.1, 0.15) is 37.5 Å². The molecule has 2 aromatic rings. The summed E-state index contributed by atoms with van der Waals surface area (Å²) in [6.07, 6.45) is 3.11. The Morgan fingerprint density at radius 2 is 1.75 bits per heavy atom. The first-order valence-corrected chi connectivity index (χ1v) is 7.75. The molecule has 0 amide bonds. The van der Waals surface area contributed by atoms with Gasteiger partial charge in [-0.05, 0) is 24.3 Å². The SMILES string of the molecule is CC(C)Cn1c(CCl)nnc1CCCc1ccccc1. The van der Waals surface area contributed by atoms with E-state index in [2.05, 4.69) is 58.9 Å². The molecule has 0 N–H and O–H groups in total. The maximum atomic E-state index is 5.94. The maximum absolute atomic E-state index is 5.94. The molecule has 0 fully saturated rings. The third-order valence-corrected chi connectivity index (χ3v) is 3.52. The van der Waals surface area contributed by atoms with Crippen LogP contribution in [0.25, 0.3) is 0 Å². The third-order valence-electron chi connectivity index (χ3n) is 3.28. The Morgan fingerprint density at radius 1 is 1.05 bits per heavy atom. The van der Waals surface area contributed by atoms with E-state index < -0.39 is 0 Å². The number of benzene rings is 1. The zero-order chi connectivity index (χ0) is 14.4. The molecule has 108 valence electrons. The summed E-state index contributed by atoms with van der Waals surface area (Å²) in [5, 5.41) is 8.49. The lowest BCUT2D eigenvalue weighted by atomic mass is 10.1. The van der Waals surface area contributed by atoms with Gasteiger partial charge in [-0.15, -0.1) is 21.8 Å². The van der Waals surface area contributed by atoms with Gasteiger partial charge in [0.25, 0.3) is 0 Å². The van der Waals surface area contributed by atoms with Gasteiger partial charge in [0.2, 0.25) is 0 Å². The van der Waals surface area contributed by atoms with Crippen LogP contribution in [0.3, 0.4) is 0 Å². The van der Waals surface area contributed by atoms with Crippen molar-refractivity contribution in [2.45, 2.75) is 45.5 Å². The summed E-state index contributed by atoms with van der Waals surface area (Å²) in [7, 11) is 0. The molecule has 20 heavy (non-hydrogen) atoms. The van der Waals surface area contributed by atoms with Crippen molar-refractivity contribution in [3.05, 3.63) is 47.5 Å². The first kappa shape index (κ1) is 15.0. The molecule has 4 heteroatoms. The molecule has 0 aliphatic carbocycles. The van der Waals surface area contributed by atoms with Gasteiger partial charge in [-0.1, -0.05) is 44.2 Å². The van der Waals surface area contributed by atoms with Crippen molar-refractivity contribution in [1.82, 2.24) is 14.8 Å². The minimum Gasteiger partial charge on any atom is -0.314 e. The van der Waals surface area contributed by atoms with Gasteiger partial charge in [-0.25, -0.2) is 0 Å². The number of rotatable bonds is 7. The fourth-order valence-electron chi connectivity index (χ4n) is 2.33. The Hall–Kier alpha value is -1.35. The largest absolute Gasteiger partial charge is 0.314 e. The fourth-order valence-corrected chi connectivity index (χ4v) is 2.53. The van der Waals surface area contributed by atoms with Crippen LogP contribution in [0.5, 0.6) is 0 Å². The van der Waals surface area contributed by atoms with Gasteiger partial charge in [-0.3, -0.25) is 0 Å². The smallest absolute Gasteiger partial charge is 0.147 e. The molecule has 0 bridgehead atoms. The monoisotopic (exact) mass is 291 g/mol. The first-order valence-electron chi connectivity index (χ1n) is 7.21. The quantitative estimate of drug-likeness (QED) is 0.726. The number of aryl methyl sites for hydroxylation is 2. The summed E-state index contributed by atoms with van der Waals surface area (Å²) >= 11 is 5.94. The molecular formula is C16H22ClN3. The number of nitrogens with zero attached hydrogens (tertiary/aromatic N) is 3. The number of alkyl halides is 1. The molecule has 1 heterocycles. The van der Waals surface area contributed by atoms with Gasteiger partial charge >= 0.3 is 0 Å². The second kappa shape index (κ2) is 7.44. The van der Waals surface area contributed by atoms with Crippen LogP contribution in [-0.4, -0.2) is 14.8 Å². The molecule has 0 saturated carbocycles. The zero-order valence-electron chi connectivity index (χ0n) is 12.2. The van der Waals surface area contributed by atoms with E-state index in [9.17, 15) is 0 Å². The van der Waals surface area contributed by atoms with Crippen LogP contribution in [0.4, 0.5) is 0 Å². The molecule has 1 aromatic carbocycles. The van der Waals surface area contributed by atoms with Crippen molar-refractivity contribution in [3.63, 3.8) is 0 Å². The Morgan fingerprint density at radius 3 is 2.40 bits per heavy atom. The number of hydrogen-bond donors (Lipinski definition) is 0. The van der Waals surface area contributed by atoms with E-state index in [4.69, 9.17) is 11.6 Å². The van der Waals surface area contributed by atoms with Gasteiger partial charge in [0.15, 0.2) is 0 Å². The van der Waals surface area contributed by atoms with Crippen molar-refractivity contribution < 1.29 is 0 Å². The van der Waals surface area contributed by atoms with E-state index in [0.717, 1.165) is 37.5 Å². The van der Waals surface area contributed by atoms with Crippen LogP contribution < -0.4 is 0 Å².